The Morgan fingerprint density at radius 3 is 1.68 bits per heavy atom. The molecule has 6 N–H and O–H groups in total. The number of phosphoric ester groups is 1. The molecule has 9 heteroatoms. The molecular weight excluding hydrogens is 385 g/mol. The molecule has 0 spiro atoms. The molecule has 0 bridgehead atoms. The molecule has 172 valence electrons. The predicted octanol–water partition coefficient (Wildman–Crippen LogP) is 3.11. The second-order valence-electron chi connectivity index (χ2n) is 6.92. The van der Waals surface area contributed by atoms with Crippen LogP contribution in [0.3, 0.4) is 0 Å². The number of ether oxygens (including phenoxy) is 1. The smallest absolute Gasteiger partial charge is 0.395 e. The Bertz CT molecular complexity index is 340. The normalized spacial score (nSPS) is 12.5. The lowest BCUT2D eigenvalue weighted by Gasteiger charge is -2.12. The first-order valence-corrected chi connectivity index (χ1v) is 12.2. The summed E-state index contributed by atoms with van der Waals surface area (Å²) in [5.41, 5.74) is 4.78. The van der Waals surface area contributed by atoms with Gasteiger partial charge < -0.3 is 30.5 Å². The molecule has 0 aromatic carbocycles. The summed E-state index contributed by atoms with van der Waals surface area (Å²) in [5.74, 6) is 0. The molecule has 0 radical (unpaired) electrons. The highest BCUT2D eigenvalue weighted by atomic mass is 31.2. The van der Waals surface area contributed by atoms with Gasteiger partial charge in [0.05, 0.1) is 19.8 Å². The molecule has 0 aliphatic rings. The van der Waals surface area contributed by atoms with Crippen LogP contribution >= 0.6 is 7.82 Å². The third-order valence-corrected chi connectivity index (χ3v) is 4.50. The Balaban J connectivity index is 0. The van der Waals surface area contributed by atoms with Crippen molar-refractivity contribution in [3.8, 4) is 0 Å². The molecule has 0 aromatic heterocycles. The van der Waals surface area contributed by atoms with Gasteiger partial charge in [0, 0.05) is 13.2 Å². The fourth-order valence-electron chi connectivity index (χ4n) is 2.50. The maximum atomic E-state index is 10.5. The lowest BCUT2D eigenvalue weighted by atomic mass is 10.1. The van der Waals surface area contributed by atoms with E-state index in [9.17, 15) is 9.67 Å². The number of phosphoric acid groups is 1. The van der Waals surface area contributed by atoms with E-state index in [-0.39, 0.29) is 13.2 Å². The number of rotatable bonds is 19. The summed E-state index contributed by atoms with van der Waals surface area (Å²) >= 11 is 0. The van der Waals surface area contributed by atoms with Gasteiger partial charge in [-0.1, -0.05) is 77.6 Å². The average Bonchev–Trinajstić information content (AvgIpc) is 2.66. The molecule has 0 fully saturated rings. The van der Waals surface area contributed by atoms with Crippen molar-refractivity contribution in [1.82, 2.24) is 0 Å². The van der Waals surface area contributed by atoms with Crippen molar-refractivity contribution in [2.45, 2.75) is 90.1 Å². The molecule has 0 aromatic rings. The number of nitrogens with two attached hydrogens (primary N) is 1. The van der Waals surface area contributed by atoms with E-state index >= 15 is 0 Å². The fraction of sp³-hybridized carbons (Fsp3) is 1.00. The summed E-state index contributed by atoms with van der Waals surface area (Å²) in [5, 5.41) is 17.2. The summed E-state index contributed by atoms with van der Waals surface area (Å²) in [7, 11) is -4.51. The fourth-order valence-corrected chi connectivity index (χ4v) is 2.86. The standard InChI is InChI=1S/C17H37O6P.C2H7NO/c1-2-3-4-5-6-7-8-9-10-11-12-13-14-22-15-17(18)16-23-24(19,20)21;3-1-2-4/h17-18H,2-16H2,1H3,(H2,19,20,21);4H,1-3H2. The molecular formula is C19H44NO7P. The van der Waals surface area contributed by atoms with Crippen LogP contribution in [0.4, 0.5) is 0 Å². The second kappa shape index (κ2) is 23.2. The minimum atomic E-state index is -4.51. The third kappa shape index (κ3) is 30.7. The first-order chi connectivity index (χ1) is 13.4. The van der Waals surface area contributed by atoms with Crippen molar-refractivity contribution in [2.75, 3.05) is 33.0 Å². The second-order valence-corrected chi connectivity index (χ2v) is 8.16. The van der Waals surface area contributed by atoms with Gasteiger partial charge in [0.1, 0.15) is 6.10 Å². The highest BCUT2D eigenvalue weighted by molar-refractivity contribution is 7.46. The van der Waals surface area contributed by atoms with Gasteiger partial charge in [-0.15, -0.1) is 0 Å². The number of unbranched alkanes of at least 4 members (excludes halogenated alkanes) is 11. The van der Waals surface area contributed by atoms with Gasteiger partial charge in [0.2, 0.25) is 0 Å². The molecule has 0 amide bonds. The number of aliphatic hydroxyl groups is 2. The van der Waals surface area contributed by atoms with E-state index < -0.39 is 20.5 Å². The van der Waals surface area contributed by atoms with E-state index in [4.69, 9.17) is 25.4 Å². The van der Waals surface area contributed by atoms with Crippen molar-refractivity contribution in [3.05, 3.63) is 0 Å². The third-order valence-electron chi connectivity index (χ3n) is 4.02. The summed E-state index contributed by atoms with van der Waals surface area (Å²) in [6.07, 6.45) is 14.4. The molecule has 0 saturated heterocycles. The van der Waals surface area contributed by atoms with Crippen molar-refractivity contribution in [1.29, 1.82) is 0 Å². The SMILES string of the molecule is CCCCCCCCCCCCCCOCC(O)COP(=O)(O)O.NCCO. The Morgan fingerprint density at radius 2 is 1.29 bits per heavy atom. The molecule has 0 heterocycles. The van der Waals surface area contributed by atoms with Crippen LogP contribution in [0.1, 0.15) is 84.0 Å². The average molecular weight is 430 g/mol. The maximum absolute atomic E-state index is 10.5. The van der Waals surface area contributed by atoms with Crippen LogP contribution in [0, 0.1) is 0 Å². The van der Waals surface area contributed by atoms with E-state index in [2.05, 4.69) is 11.4 Å². The number of aliphatic hydroxyl groups excluding tert-OH is 2. The summed E-state index contributed by atoms with van der Waals surface area (Å²) in [4.78, 5) is 17.0. The topological polar surface area (TPSA) is 142 Å². The minimum Gasteiger partial charge on any atom is -0.395 e. The predicted molar refractivity (Wildman–Crippen MR) is 112 cm³/mol. The van der Waals surface area contributed by atoms with Crippen LogP contribution in [-0.2, 0) is 13.8 Å². The Morgan fingerprint density at radius 1 is 0.857 bits per heavy atom. The lowest BCUT2D eigenvalue weighted by Crippen LogP contribution is -2.21. The van der Waals surface area contributed by atoms with E-state index in [0.717, 1.165) is 12.8 Å². The summed E-state index contributed by atoms with van der Waals surface area (Å²) in [6, 6.07) is 0. The van der Waals surface area contributed by atoms with Gasteiger partial charge in [-0.3, -0.25) is 4.52 Å². The Kier molecular flexibility index (Phi) is 25.0. The highest BCUT2D eigenvalue weighted by Crippen LogP contribution is 2.35. The van der Waals surface area contributed by atoms with Crippen LogP contribution in [-0.4, -0.2) is 59.1 Å². The van der Waals surface area contributed by atoms with Crippen LogP contribution in [0.25, 0.3) is 0 Å². The molecule has 28 heavy (non-hydrogen) atoms. The quantitative estimate of drug-likeness (QED) is 0.156. The van der Waals surface area contributed by atoms with E-state index in [1.165, 1.54) is 64.2 Å². The van der Waals surface area contributed by atoms with Crippen LogP contribution in [0.2, 0.25) is 0 Å². The van der Waals surface area contributed by atoms with Gasteiger partial charge in [-0.25, -0.2) is 4.57 Å². The molecule has 1 unspecified atom stereocenters. The van der Waals surface area contributed by atoms with Gasteiger partial charge >= 0.3 is 7.82 Å². The zero-order chi connectivity index (χ0) is 21.5. The molecule has 0 aliphatic carbocycles. The highest BCUT2D eigenvalue weighted by Gasteiger charge is 2.16. The van der Waals surface area contributed by atoms with E-state index in [1.807, 2.05) is 0 Å². The van der Waals surface area contributed by atoms with Crippen molar-refractivity contribution in [2.24, 2.45) is 5.73 Å². The zero-order valence-electron chi connectivity index (χ0n) is 17.6. The Labute approximate surface area is 171 Å². The number of hydrogen-bond donors (Lipinski definition) is 5. The largest absolute Gasteiger partial charge is 0.469 e. The minimum absolute atomic E-state index is 0.0397. The van der Waals surface area contributed by atoms with Crippen molar-refractivity contribution in [3.63, 3.8) is 0 Å². The van der Waals surface area contributed by atoms with Gasteiger partial charge in [0.25, 0.3) is 0 Å². The Hall–Kier alpha value is -0.0500. The van der Waals surface area contributed by atoms with Gasteiger partial charge in [-0.2, -0.15) is 0 Å². The van der Waals surface area contributed by atoms with Crippen molar-refractivity contribution < 1.29 is 33.8 Å². The summed E-state index contributed by atoms with van der Waals surface area (Å²) < 4.78 is 19.9. The zero-order valence-corrected chi connectivity index (χ0v) is 18.5. The molecule has 8 nitrogen and oxygen atoms in total. The summed E-state index contributed by atoms with van der Waals surface area (Å²) in [6.45, 7) is 2.90. The molecule has 0 saturated carbocycles. The first-order valence-electron chi connectivity index (χ1n) is 10.6. The monoisotopic (exact) mass is 429 g/mol. The van der Waals surface area contributed by atoms with Crippen LogP contribution in [0.15, 0.2) is 0 Å². The lowest BCUT2D eigenvalue weighted by molar-refractivity contribution is 0.00476. The van der Waals surface area contributed by atoms with Gasteiger partial charge in [-0.05, 0) is 6.42 Å². The maximum Gasteiger partial charge on any atom is 0.469 e. The van der Waals surface area contributed by atoms with Crippen LogP contribution < -0.4 is 5.73 Å². The van der Waals surface area contributed by atoms with E-state index in [1.54, 1.807) is 0 Å². The molecule has 0 aliphatic heterocycles. The molecule has 0 rings (SSSR count). The van der Waals surface area contributed by atoms with E-state index in [0.29, 0.717) is 13.2 Å². The number of hydrogen-bond acceptors (Lipinski definition) is 6. The van der Waals surface area contributed by atoms with Crippen LogP contribution in [0.5, 0.6) is 0 Å². The van der Waals surface area contributed by atoms with Crippen molar-refractivity contribution >= 4 is 7.82 Å². The molecule has 1 atom stereocenters. The first kappa shape index (κ1) is 30.1. The van der Waals surface area contributed by atoms with Gasteiger partial charge in [0.15, 0.2) is 0 Å².